The van der Waals surface area contributed by atoms with E-state index in [2.05, 4.69) is 10.4 Å². The molecule has 1 N–H and O–H groups in total. The maximum atomic E-state index is 12.8. The Morgan fingerprint density at radius 1 is 1.25 bits per heavy atom. The van der Waals surface area contributed by atoms with Crippen molar-refractivity contribution < 1.29 is 13.2 Å². The standard InChI is InChI=1S/C13H17ClF3N3/c1-8-4-3-5-9(2)20(8)19-12-7-10(13(15,16)17)6-11(14)18-12/h6-9H,3-5H2,1-2H3,(H,18,19). The van der Waals surface area contributed by atoms with Gasteiger partial charge in [-0.25, -0.2) is 9.99 Å². The van der Waals surface area contributed by atoms with Gasteiger partial charge in [0.2, 0.25) is 0 Å². The Balaban J connectivity index is 2.22. The molecule has 20 heavy (non-hydrogen) atoms. The highest BCUT2D eigenvalue weighted by atomic mass is 35.5. The summed E-state index contributed by atoms with van der Waals surface area (Å²) in [6, 6.07) is 2.30. The Labute approximate surface area is 121 Å². The van der Waals surface area contributed by atoms with Gasteiger partial charge in [0.25, 0.3) is 0 Å². The van der Waals surface area contributed by atoms with E-state index >= 15 is 0 Å². The molecule has 0 aromatic carbocycles. The van der Waals surface area contributed by atoms with Gasteiger partial charge >= 0.3 is 6.18 Å². The Morgan fingerprint density at radius 3 is 2.40 bits per heavy atom. The number of pyridine rings is 1. The van der Waals surface area contributed by atoms with Gasteiger partial charge in [-0.1, -0.05) is 18.0 Å². The molecule has 1 saturated heterocycles. The summed E-state index contributed by atoms with van der Waals surface area (Å²) in [6.07, 6.45) is -1.30. The predicted molar refractivity (Wildman–Crippen MR) is 72.5 cm³/mol. The van der Waals surface area contributed by atoms with Gasteiger partial charge in [0.05, 0.1) is 5.56 Å². The number of piperidine rings is 1. The molecule has 2 atom stereocenters. The highest BCUT2D eigenvalue weighted by molar-refractivity contribution is 6.29. The zero-order chi connectivity index (χ0) is 14.9. The third-order valence-corrected chi connectivity index (χ3v) is 3.75. The first-order valence-corrected chi connectivity index (χ1v) is 6.95. The van der Waals surface area contributed by atoms with E-state index in [1.807, 2.05) is 18.9 Å². The lowest BCUT2D eigenvalue weighted by molar-refractivity contribution is -0.137. The van der Waals surface area contributed by atoms with Crippen LogP contribution in [0, 0.1) is 0 Å². The van der Waals surface area contributed by atoms with Gasteiger partial charge in [0.1, 0.15) is 11.0 Å². The summed E-state index contributed by atoms with van der Waals surface area (Å²) in [7, 11) is 0. The molecule has 0 bridgehead atoms. The molecule has 3 nitrogen and oxygen atoms in total. The molecule has 1 aromatic rings. The van der Waals surface area contributed by atoms with E-state index in [-0.39, 0.29) is 23.1 Å². The molecule has 1 aliphatic heterocycles. The first-order valence-electron chi connectivity index (χ1n) is 6.57. The van der Waals surface area contributed by atoms with Gasteiger partial charge in [0, 0.05) is 12.1 Å². The van der Waals surface area contributed by atoms with Crippen LogP contribution < -0.4 is 5.43 Å². The number of rotatable bonds is 2. The van der Waals surface area contributed by atoms with Crippen LogP contribution >= 0.6 is 11.6 Å². The zero-order valence-corrected chi connectivity index (χ0v) is 12.1. The smallest absolute Gasteiger partial charge is 0.303 e. The van der Waals surface area contributed by atoms with Crippen LogP contribution in [0.3, 0.4) is 0 Å². The second-order valence-corrected chi connectivity index (χ2v) is 5.60. The van der Waals surface area contributed by atoms with Crippen molar-refractivity contribution in [3.8, 4) is 0 Å². The van der Waals surface area contributed by atoms with Crippen LogP contribution in [-0.2, 0) is 6.18 Å². The second-order valence-electron chi connectivity index (χ2n) is 5.21. The van der Waals surface area contributed by atoms with Crippen molar-refractivity contribution >= 4 is 17.4 Å². The number of aromatic nitrogens is 1. The highest BCUT2D eigenvalue weighted by Crippen LogP contribution is 2.32. The Bertz CT molecular complexity index is 468. The average molecular weight is 308 g/mol. The number of hydrogen-bond acceptors (Lipinski definition) is 3. The monoisotopic (exact) mass is 307 g/mol. The lowest BCUT2D eigenvalue weighted by atomic mass is 10.00. The van der Waals surface area contributed by atoms with Gasteiger partial charge in [0.15, 0.2) is 0 Å². The van der Waals surface area contributed by atoms with Gasteiger partial charge in [-0.3, -0.25) is 0 Å². The number of alkyl halides is 3. The number of nitrogens with one attached hydrogen (secondary N) is 1. The number of anilines is 1. The van der Waals surface area contributed by atoms with E-state index in [9.17, 15) is 13.2 Å². The predicted octanol–water partition coefficient (Wildman–Crippen LogP) is 4.34. The van der Waals surface area contributed by atoms with Gasteiger partial charge in [-0.2, -0.15) is 13.2 Å². The fraction of sp³-hybridized carbons (Fsp3) is 0.615. The van der Waals surface area contributed by atoms with E-state index in [1.54, 1.807) is 0 Å². The molecule has 1 aliphatic rings. The van der Waals surface area contributed by atoms with E-state index in [0.29, 0.717) is 0 Å². The van der Waals surface area contributed by atoms with Crippen molar-refractivity contribution in [1.29, 1.82) is 0 Å². The highest BCUT2D eigenvalue weighted by Gasteiger charge is 2.32. The van der Waals surface area contributed by atoms with Crippen LogP contribution in [0.2, 0.25) is 5.15 Å². The molecule has 0 aliphatic carbocycles. The summed E-state index contributed by atoms with van der Waals surface area (Å²) >= 11 is 5.68. The minimum atomic E-state index is -4.43. The third kappa shape index (κ3) is 3.55. The van der Waals surface area contributed by atoms with Crippen LogP contribution in [0.5, 0.6) is 0 Å². The fourth-order valence-corrected chi connectivity index (χ4v) is 2.70. The van der Waals surface area contributed by atoms with Crippen LogP contribution in [-0.4, -0.2) is 22.1 Å². The largest absolute Gasteiger partial charge is 0.416 e. The van der Waals surface area contributed by atoms with Crippen molar-refractivity contribution in [3.05, 3.63) is 22.8 Å². The van der Waals surface area contributed by atoms with Crippen molar-refractivity contribution in [3.63, 3.8) is 0 Å². The molecule has 0 spiro atoms. The summed E-state index contributed by atoms with van der Waals surface area (Å²) in [5, 5.41) is 1.78. The summed E-state index contributed by atoms with van der Waals surface area (Å²) < 4.78 is 38.3. The molecule has 0 saturated carbocycles. The maximum absolute atomic E-state index is 12.8. The number of hydrazine groups is 1. The molecule has 2 unspecified atom stereocenters. The maximum Gasteiger partial charge on any atom is 0.416 e. The quantitative estimate of drug-likeness (QED) is 0.824. The second kappa shape index (κ2) is 5.77. The number of halogens is 4. The molecule has 7 heteroatoms. The Morgan fingerprint density at radius 2 is 1.85 bits per heavy atom. The van der Waals surface area contributed by atoms with E-state index in [0.717, 1.165) is 31.4 Å². The lowest BCUT2D eigenvalue weighted by Gasteiger charge is -2.39. The zero-order valence-electron chi connectivity index (χ0n) is 11.3. The third-order valence-electron chi connectivity index (χ3n) is 3.56. The topological polar surface area (TPSA) is 28.2 Å². The van der Waals surface area contributed by atoms with Crippen LogP contribution in [0.15, 0.2) is 12.1 Å². The van der Waals surface area contributed by atoms with Gasteiger partial charge < -0.3 is 5.43 Å². The van der Waals surface area contributed by atoms with E-state index in [1.165, 1.54) is 0 Å². The van der Waals surface area contributed by atoms with Crippen molar-refractivity contribution in [2.45, 2.75) is 51.4 Å². The number of nitrogens with zero attached hydrogens (tertiary/aromatic N) is 2. The first kappa shape index (κ1) is 15.4. The minimum Gasteiger partial charge on any atom is -0.303 e. The van der Waals surface area contributed by atoms with E-state index < -0.39 is 11.7 Å². The average Bonchev–Trinajstić information content (AvgIpc) is 2.32. The van der Waals surface area contributed by atoms with Crippen molar-refractivity contribution in [1.82, 2.24) is 9.99 Å². The Kier molecular flexibility index (Phi) is 4.44. The van der Waals surface area contributed by atoms with Crippen molar-refractivity contribution in [2.75, 3.05) is 5.43 Å². The summed E-state index contributed by atoms with van der Waals surface area (Å²) in [5.74, 6) is 0.130. The Hall–Kier alpha value is -1.01. The molecule has 2 rings (SSSR count). The minimum absolute atomic E-state index is 0.130. The molecule has 1 aromatic heterocycles. The summed E-state index contributed by atoms with van der Waals surface area (Å²) in [5.41, 5.74) is 2.18. The van der Waals surface area contributed by atoms with Gasteiger partial charge in [-0.15, -0.1) is 0 Å². The molecular weight excluding hydrogens is 291 g/mol. The van der Waals surface area contributed by atoms with Gasteiger partial charge in [-0.05, 0) is 38.8 Å². The van der Waals surface area contributed by atoms with Crippen LogP contribution in [0.25, 0.3) is 0 Å². The molecule has 1 fully saturated rings. The molecule has 0 radical (unpaired) electrons. The molecule has 2 heterocycles. The molecule has 0 amide bonds. The van der Waals surface area contributed by atoms with Crippen molar-refractivity contribution in [2.24, 2.45) is 0 Å². The van der Waals surface area contributed by atoms with Crippen LogP contribution in [0.4, 0.5) is 19.0 Å². The summed E-state index contributed by atoms with van der Waals surface area (Å²) in [4.78, 5) is 3.92. The molecular formula is C13H17ClF3N3. The first-order chi connectivity index (χ1) is 9.27. The SMILES string of the molecule is CC1CCCC(C)N1Nc1cc(C(F)(F)F)cc(Cl)n1. The summed E-state index contributed by atoms with van der Waals surface area (Å²) in [6.45, 7) is 4.08. The van der Waals surface area contributed by atoms with E-state index in [4.69, 9.17) is 11.6 Å². The lowest BCUT2D eigenvalue weighted by Crippen LogP contribution is -2.47. The molecule has 112 valence electrons. The van der Waals surface area contributed by atoms with Crippen LogP contribution in [0.1, 0.15) is 38.7 Å². The fourth-order valence-electron chi connectivity index (χ4n) is 2.49. The normalized spacial score (nSPS) is 24.7. The number of hydrogen-bond donors (Lipinski definition) is 1.